The summed E-state index contributed by atoms with van der Waals surface area (Å²) in [5, 5.41) is 28.0. The van der Waals surface area contributed by atoms with E-state index < -0.39 is 76.0 Å². The first-order chi connectivity index (χ1) is 22.2. The van der Waals surface area contributed by atoms with Crippen molar-refractivity contribution in [1.29, 1.82) is 0 Å². The van der Waals surface area contributed by atoms with E-state index in [0.29, 0.717) is 24.0 Å². The Balaban J connectivity index is 0.00000800. The van der Waals surface area contributed by atoms with Crippen molar-refractivity contribution in [2.24, 2.45) is 11.5 Å². The third-order valence-corrected chi connectivity index (χ3v) is 8.37. The standard InChI is InChI=1S/C30H39N7O9S.ClH/c1-47(46)14-12-23(35-28(41)22(31)15-18-6-10-21(38)11-7-18)29(42)33-17-26(39)34-24(16-19-4-8-20(9-5-19)37(44)45)30(43)36-13-2-3-25(36)27(32)40;/h4-11,22-25,38H,2-3,12-17,31H2,1H3,(H2,32,40)(H,33,42)(H,34,39)(H,35,41);1H/t22-,23+,24-,25-,47?;/m0./s1. The van der Waals surface area contributed by atoms with E-state index in [1.54, 1.807) is 12.1 Å². The number of carbonyl (C=O) groups is 5. The largest absolute Gasteiger partial charge is 0.508 e. The van der Waals surface area contributed by atoms with Crippen LogP contribution in [-0.4, -0.2) is 97.9 Å². The topological polar surface area (TPSA) is 257 Å². The van der Waals surface area contributed by atoms with Crippen LogP contribution < -0.4 is 27.4 Å². The molecule has 0 aliphatic carbocycles. The Morgan fingerprint density at radius 1 is 1.00 bits per heavy atom. The Hall–Kier alpha value is -4.61. The highest BCUT2D eigenvalue weighted by molar-refractivity contribution is 7.84. The molecule has 3 rings (SSSR count). The highest BCUT2D eigenvalue weighted by atomic mass is 35.5. The van der Waals surface area contributed by atoms with Crippen LogP contribution in [0.1, 0.15) is 30.4 Å². The number of nitrogens with zero attached hydrogens (tertiary/aromatic N) is 2. The number of carbonyl (C=O) groups excluding carboxylic acids is 5. The minimum absolute atomic E-state index is 0. The number of nitrogens with one attached hydrogen (secondary N) is 3. The predicted molar refractivity (Wildman–Crippen MR) is 178 cm³/mol. The molecule has 1 aliphatic rings. The van der Waals surface area contributed by atoms with E-state index in [-0.39, 0.29) is 55.4 Å². The highest BCUT2D eigenvalue weighted by Crippen LogP contribution is 2.20. The van der Waals surface area contributed by atoms with Crippen LogP contribution in [0.4, 0.5) is 5.69 Å². The molecule has 0 bridgehead atoms. The van der Waals surface area contributed by atoms with E-state index in [1.807, 2.05) is 0 Å². The molecule has 1 heterocycles. The predicted octanol–water partition coefficient (Wildman–Crippen LogP) is -0.835. The van der Waals surface area contributed by atoms with Gasteiger partial charge in [0.2, 0.25) is 29.5 Å². The van der Waals surface area contributed by atoms with Crippen molar-refractivity contribution in [3.8, 4) is 5.75 Å². The summed E-state index contributed by atoms with van der Waals surface area (Å²) in [6, 6.07) is 7.22. The van der Waals surface area contributed by atoms with E-state index >= 15 is 0 Å². The zero-order chi connectivity index (χ0) is 34.7. The number of nitrogens with two attached hydrogens (primary N) is 2. The van der Waals surface area contributed by atoms with Gasteiger partial charge in [-0.3, -0.25) is 38.3 Å². The molecule has 5 amide bonds. The number of rotatable bonds is 16. The molecule has 18 heteroatoms. The average molecular weight is 710 g/mol. The van der Waals surface area contributed by atoms with E-state index in [4.69, 9.17) is 11.5 Å². The molecule has 48 heavy (non-hydrogen) atoms. The second kappa shape index (κ2) is 18.7. The number of halogens is 1. The van der Waals surface area contributed by atoms with Gasteiger partial charge in [-0.25, -0.2) is 0 Å². The molecule has 262 valence electrons. The molecule has 16 nitrogen and oxygen atoms in total. The number of hydrogen-bond acceptors (Lipinski definition) is 10. The van der Waals surface area contributed by atoms with Crippen molar-refractivity contribution in [3.05, 3.63) is 69.8 Å². The number of nitro benzene ring substituents is 1. The van der Waals surface area contributed by atoms with Crippen LogP contribution in [0.25, 0.3) is 0 Å². The highest BCUT2D eigenvalue weighted by Gasteiger charge is 2.37. The minimum atomic E-state index is -1.30. The maximum atomic E-state index is 13.5. The summed E-state index contributed by atoms with van der Waals surface area (Å²) in [6.45, 7) is -0.353. The molecule has 2 aromatic carbocycles. The maximum Gasteiger partial charge on any atom is 0.269 e. The van der Waals surface area contributed by atoms with Gasteiger partial charge in [0, 0.05) is 47.9 Å². The van der Waals surface area contributed by atoms with Crippen molar-refractivity contribution >= 4 is 58.4 Å². The Bertz CT molecular complexity index is 1490. The molecule has 0 radical (unpaired) electrons. The Kier molecular flexibility index (Phi) is 15.4. The SMILES string of the molecule is CS(=O)CC[C@@H](NC(=O)[C@@H](N)Cc1ccc(O)cc1)C(=O)NCC(=O)N[C@@H](Cc1ccc([N+](=O)[O-])cc1)C(=O)N1CCC[C@H]1C(N)=O.Cl. The van der Waals surface area contributed by atoms with Gasteiger partial charge in [-0.2, -0.15) is 0 Å². The zero-order valence-corrected chi connectivity index (χ0v) is 27.8. The summed E-state index contributed by atoms with van der Waals surface area (Å²) in [4.78, 5) is 76.1. The normalized spacial score (nSPS) is 16.4. The van der Waals surface area contributed by atoms with E-state index in [0.717, 1.165) is 0 Å². The van der Waals surface area contributed by atoms with Crippen LogP contribution in [0.2, 0.25) is 0 Å². The van der Waals surface area contributed by atoms with Crippen molar-refractivity contribution < 1.29 is 38.2 Å². The first-order valence-electron chi connectivity index (χ1n) is 14.8. The van der Waals surface area contributed by atoms with Crippen LogP contribution in [0.5, 0.6) is 5.75 Å². The number of nitro groups is 1. The molecule has 8 N–H and O–H groups in total. The minimum Gasteiger partial charge on any atom is -0.508 e. The van der Waals surface area contributed by atoms with Gasteiger partial charge >= 0.3 is 0 Å². The lowest BCUT2D eigenvalue weighted by Crippen LogP contribution is -2.56. The number of non-ortho nitro benzene ring substituents is 1. The molecule has 5 atom stereocenters. The van der Waals surface area contributed by atoms with Gasteiger partial charge in [0.05, 0.1) is 17.5 Å². The number of aromatic hydroxyl groups is 1. The molecule has 1 aliphatic heterocycles. The van der Waals surface area contributed by atoms with Gasteiger partial charge in [0.15, 0.2) is 0 Å². The third-order valence-electron chi connectivity index (χ3n) is 7.56. The quantitative estimate of drug-likeness (QED) is 0.0931. The van der Waals surface area contributed by atoms with E-state index in [2.05, 4.69) is 16.0 Å². The number of phenolic OH excluding ortho intramolecular Hbond substituents is 1. The van der Waals surface area contributed by atoms with Gasteiger partial charge in [0.1, 0.15) is 23.9 Å². The number of primary amides is 1. The van der Waals surface area contributed by atoms with Crippen molar-refractivity contribution in [3.63, 3.8) is 0 Å². The number of amides is 5. The maximum absolute atomic E-state index is 13.5. The molecule has 1 unspecified atom stereocenters. The molecular weight excluding hydrogens is 670 g/mol. The van der Waals surface area contributed by atoms with Gasteiger partial charge in [0.25, 0.3) is 5.69 Å². The van der Waals surface area contributed by atoms with Gasteiger partial charge in [-0.1, -0.05) is 24.3 Å². The zero-order valence-electron chi connectivity index (χ0n) is 26.2. The summed E-state index contributed by atoms with van der Waals surface area (Å²) in [5.74, 6) is -3.32. The summed E-state index contributed by atoms with van der Waals surface area (Å²) in [6.07, 6.45) is 2.36. The van der Waals surface area contributed by atoms with Crippen LogP contribution in [0.3, 0.4) is 0 Å². The van der Waals surface area contributed by atoms with Crippen molar-refractivity contribution in [1.82, 2.24) is 20.9 Å². The Morgan fingerprint density at radius 3 is 2.19 bits per heavy atom. The number of phenols is 1. The second-order valence-electron chi connectivity index (χ2n) is 11.2. The molecule has 0 aromatic heterocycles. The summed E-state index contributed by atoms with van der Waals surface area (Å²) in [7, 11) is -1.30. The van der Waals surface area contributed by atoms with Gasteiger partial charge in [-0.15, -0.1) is 12.4 Å². The van der Waals surface area contributed by atoms with E-state index in [9.17, 15) is 43.4 Å². The fourth-order valence-electron chi connectivity index (χ4n) is 5.06. The monoisotopic (exact) mass is 709 g/mol. The van der Waals surface area contributed by atoms with Crippen molar-refractivity contribution in [2.45, 2.75) is 56.3 Å². The van der Waals surface area contributed by atoms with E-state index in [1.165, 1.54) is 47.6 Å². The summed E-state index contributed by atoms with van der Waals surface area (Å²) >= 11 is 0. The fourth-order valence-corrected chi connectivity index (χ4v) is 5.63. The number of hydrogen-bond donors (Lipinski definition) is 6. The first-order valence-corrected chi connectivity index (χ1v) is 16.5. The van der Waals surface area contributed by atoms with Gasteiger partial charge < -0.3 is 37.4 Å². The average Bonchev–Trinajstić information content (AvgIpc) is 3.53. The van der Waals surface area contributed by atoms with Crippen LogP contribution in [-0.2, 0) is 47.6 Å². The summed E-state index contributed by atoms with van der Waals surface area (Å²) in [5.41, 5.74) is 12.5. The molecule has 1 saturated heterocycles. The van der Waals surface area contributed by atoms with Crippen molar-refractivity contribution in [2.75, 3.05) is 25.1 Å². The molecule has 0 spiro atoms. The van der Waals surface area contributed by atoms with Crippen LogP contribution >= 0.6 is 12.4 Å². The summed E-state index contributed by atoms with van der Waals surface area (Å²) < 4.78 is 11.7. The Labute approximate surface area is 285 Å². The number of benzene rings is 2. The lowest BCUT2D eigenvalue weighted by Gasteiger charge is -2.28. The van der Waals surface area contributed by atoms with Gasteiger partial charge in [-0.05, 0) is 48.9 Å². The Morgan fingerprint density at radius 2 is 1.60 bits per heavy atom. The third kappa shape index (κ3) is 11.9. The lowest BCUT2D eigenvalue weighted by molar-refractivity contribution is -0.384. The molecular formula is C30H40ClN7O9S. The fraction of sp³-hybridized carbons (Fsp3) is 0.433. The molecule has 1 fully saturated rings. The van der Waals surface area contributed by atoms with Crippen LogP contribution in [0.15, 0.2) is 48.5 Å². The smallest absolute Gasteiger partial charge is 0.269 e. The molecule has 0 saturated carbocycles. The lowest BCUT2D eigenvalue weighted by atomic mass is 10.0. The molecule has 2 aromatic rings. The number of likely N-dealkylation sites (tertiary alicyclic amines) is 1. The van der Waals surface area contributed by atoms with Crippen LogP contribution in [0, 0.1) is 10.1 Å². The first kappa shape index (κ1) is 39.6. The second-order valence-corrected chi connectivity index (χ2v) is 12.7.